The standard InChI is InChI=1S/C27H28F2N4O3/c1-5-11-27(28,29)15-32-21(13-16-7-8-18(6-2)30-24(16)32)25-31-20-12-17(26(34)36-4)14-22(35-3)23(20)33(25)19-9-10-19/h5,7-8,12-14,19H,1,6,9-11,15H2,2-4H3. The number of alkyl halides is 2. The SMILES string of the molecule is C=CCC(F)(F)Cn1c(-c2nc3cc(C(=O)OC)cc(OC)c3n2C2CC2)cc2ccc(CC)nc21. The zero-order valence-electron chi connectivity index (χ0n) is 20.6. The number of carbonyl (C=O) groups excluding carboxylic acids is 1. The Morgan fingerprint density at radius 1 is 1.22 bits per heavy atom. The highest BCUT2D eigenvalue weighted by Crippen LogP contribution is 2.45. The molecule has 0 amide bonds. The third-order valence-electron chi connectivity index (χ3n) is 6.53. The van der Waals surface area contributed by atoms with Gasteiger partial charge in [-0.25, -0.2) is 23.5 Å². The van der Waals surface area contributed by atoms with Crippen molar-refractivity contribution in [3.8, 4) is 17.3 Å². The number of fused-ring (bicyclic) bond motifs is 2. The summed E-state index contributed by atoms with van der Waals surface area (Å²) in [7, 11) is 2.84. The first-order valence-corrected chi connectivity index (χ1v) is 12.0. The average Bonchev–Trinajstić information content (AvgIpc) is 3.55. The molecular formula is C27H28F2N4O3. The third kappa shape index (κ3) is 4.12. The Morgan fingerprint density at radius 3 is 2.64 bits per heavy atom. The van der Waals surface area contributed by atoms with Gasteiger partial charge in [-0.2, -0.15) is 0 Å². The number of hydrogen-bond acceptors (Lipinski definition) is 5. The lowest BCUT2D eigenvalue weighted by Gasteiger charge is -2.19. The van der Waals surface area contributed by atoms with Crippen LogP contribution >= 0.6 is 0 Å². The van der Waals surface area contributed by atoms with Gasteiger partial charge in [0.2, 0.25) is 0 Å². The van der Waals surface area contributed by atoms with Crippen LogP contribution in [0.3, 0.4) is 0 Å². The van der Waals surface area contributed by atoms with Crippen molar-refractivity contribution >= 4 is 28.0 Å². The van der Waals surface area contributed by atoms with Crippen LogP contribution in [0.1, 0.15) is 48.3 Å². The van der Waals surface area contributed by atoms with E-state index < -0.39 is 24.9 Å². The van der Waals surface area contributed by atoms with Gasteiger partial charge in [-0.3, -0.25) is 0 Å². The number of esters is 1. The highest BCUT2D eigenvalue weighted by atomic mass is 19.3. The van der Waals surface area contributed by atoms with Gasteiger partial charge in [0.15, 0.2) is 5.82 Å². The minimum atomic E-state index is -3.02. The zero-order chi connectivity index (χ0) is 25.6. The largest absolute Gasteiger partial charge is 0.494 e. The van der Waals surface area contributed by atoms with E-state index in [0.29, 0.717) is 40.4 Å². The number of allylic oxidation sites excluding steroid dienone is 1. The topological polar surface area (TPSA) is 71.2 Å². The molecule has 5 rings (SSSR count). The number of hydrogen-bond donors (Lipinski definition) is 0. The molecule has 1 fully saturated rings. The van der Waals surface area contributed by atoms with Gasteiger partial charge < -0.3 is 18.6 Å². The molecule has 188 valence electrons. The molecule has 9 heteroatoms. The van der Waals surface area contributed by atoms with Gasteiger partial charge in [-0.05, 0) is 49.6 Å². The predicted molar refractivity (Wildman–Crippen MR) is 134 cm³/mol. The fourth-order valence-corrected chi connectivity index (χ4v) is 4.67. The molecule has 1 aromatic carbocycles. The Morgan fingerprint density at radius 2 is 2.00 bits per heavy atom. The number of ether oxygens (including phenoxy) is 2. The first kappa shape index (κ1) is 24.0. The summed E-state index contributed by atoms with van der Waals surface area (Å²) < 4.78 is 44.0. The Labute approximate surface area is 207 Å². The van der Waals surface area contributed by atoms with Crippen molar-refractivity contribution in [1.82, 2.24) is 19.1 Å². The Kier molecular flexibility index (Phi) is 6.02. The maximum atomic E-state index is 15.0. The Hall–Kier alpha value is -3.75. The fraction of sp³-hybridized carbons (Fsp3) is 0.370. The van der Waals surface area contributed by atoms with E-state index >= 15 is 0 Å². The Bertz CT molecular complexity index is 1480. The lowest BCUT2D eigenvalue weighted by Crippen LogP contribution is -2.24. The second kappa shape index (κ2) is 9.04. The van der Waals surface area contributed by atoms with Gasteiger partial charge in [0.1, 0.15) is 16.9 Å². The van der Waals surface area contributed by atoms with E-state index in [2.05, 4.69) is 6.58 Å². The van der Waals surface area contributed by atoms with Crippen molar-refractivity contribution in [1.29, 1.82) is 0 Å². The molecule has 1 aliphatic carbocycles. The lowest BCUT2D eigenvalue weighted by atomic mass is 10.2. The van der Waals surface area contributed by atoms with Crippen LogP contribution in [0, 0.1) is 0 Å². The number of methoxy groups -OCH3 is 2. The smallest absolute Gasteiger partial charge is 0.338 e. The van der Waals surface area contributed by atoms with E-state index in [1.807, 2.05) is 29.7 Å². The van der Waals surface area contributed by atoms with Gasteiger partial charge in [0.25, 0.3) is 5.92 Å². The van der Waals surface area contributed by atoms with E-state index in [1.54, 1.807) is 16.7 Å². The molecular weight excluding hydrogens is 466 g/mol. The highest BCUT2D eigenvalue weighted by molar-refractivity contribution is 5.97. The number of aromatic nitrogens is 4. The molecule has 1 aliphatic rings. The molecule has 0 radical (unpaired) electrons. The van der Waals surface area contributed by atoms with Gasteiger partial charge in [-0.15, -0.1) is 6.58 Å². The zero-order valence-corrected chi connectivity index (χ0v) is 20.6. The number of nitrogens with zero attached hydrogens (tertiary/aromatic N) is 4. The normalized spacial score (nSPS) is 13.9. The minimum absolute atomic E-state index is 0.155. The van der Waals surface area contributed by atoms with E-state index in [-0.39, 0.29) is 6.04 Å². The van der Waals surface area contributed by atoms with Gasteiger partial charge in [0, 0.05) is 23.5 Å². The molecule has 36 heavy (non-hydrogen) atoms. The number of aryl methyl sites for hydroxylation is 1. The van der Waals surface area contributed by atoms with Crippen molar-refractivity contribution in [2.24, 2.45) is 0 Å². The van der Waals surface area contributed by atoms with E-state index in [0.717, 1.165) is 29.4 Å². The molecule has 1 saturated carbocycles. The molecule has 0 bridgehead atoms. The van der Waals surface area contributed by atoms with Crippen LogP contribution in [0.4, 0.5) is 8.78 Å². The van der Waals surface area contributed by atoms with E-state index in [4.69, 9.17) is 19.4 Å². The quantitative estimate of drug-likeness (QED) is 0.212. The van der Waals surface area contributed by atoms with Crippen LogP contribution in [-0.4, -0.2) is 45.2 Å². The second-order valence-corrected chi connectivity index (χ2v) is 9.11. The molecule has 0 atom stereocenters. The van der Waals surface area contributed by atoms with Crippen LogP contribution in [-0.2, 0) is 17.7 Å². The maximum Gasteiger partial charge on any atom is 0.338 e. The summed E-state index contributed by atoms with van der Waals surface area (Å²) in [4.78, 5) is 21.8. The summed E-state index contributed by atoms with van der Waals surface area (Å²) in [5, 5.41) is 0.758. The Balaban J connectivity index is 1.80. The van der Waals surface area contributed by atoms with Crippen LogP contribution < -0.4 is 4.74 Å². The monoisotopic (exact) mass is 494 g/mol. The van der Waals surface area contributed by atoms with Crippen molar-refractivity contribution in [2.75, 3.05) is 14.2 Å². The number of carbonyl (C=O) groups is 1. The van der Waals surface area contributed by atoms with Crippen molar-refractivity contribution in [3.05, 3.63) is 54.2 Å². The number of rotatable bonds is 9. The molecule has 4 aromatic rings. The predicted octanol–water partition coefficient (Wildman–Crippen LogP) is 5.96. The van der Waals surface area contributed by atoms with Gasteiger partial charge in [0.05, 0.1) is 37.5 Å². The third-order valence-corrected chi connectivity index (χ3v) is 6.53. The summed E-state index contributed by atoms with van der Waals surface area (Å²) in [6.07, 6.45) is 3.34. The van der Waals surface area contributed by atoms with Crippen molar-refractivity contribution < 1.29 is 23.0 Å². The minimum Gasteiger partial charge on any atom is -0.494 e. The number of imidazole rings is 1. The van der Waals surface area contributed by atoms with Crippen molar-refractivity contribution in [3.63, 3.8) is 0 Å². The van der Waals surface area contributed by atoms with Gasteiger partial charge >= 0.3 is 5.97 Å². The van der Waals surface area contributed by atoms with Crippen LogP contribution in [0.25, 0.3) is 33.6 Å². The average molecular weight is 495 g/mol. The van der Waals surface area contributed by atoms with Crippen LogP contribution in [0.5, 0.6) is 5.75 Å². The summed E-state index contributed by atoms with van der Waals surface area (Å²) in [5.41, 5.74) is 3.42. The molecule has 0 aliphatic heterocycles. The van der Waals surface area contributed by atoms with E-state index in [1.165, 1.54) is 20.3 Å². The molecule has 0 unspecified atom stereocenters. The second-order valence-electron chi connectivity index (χ2n) is 9.11. The molecule has 7 nitrogen and oxygen atoms in total. The van der Waals surface area contributed by atoms with Crippen LogP contribution in [0.15, 0.2) is 43.0 Å². The van der Waals surface area contributed by atoms with E-state index in [9.17, 15) is 13.6 Å². The highest BCUT2D eigenvalue weighted by Gasteiger charge is 2.35. The van der Waals surface area contributed by atoms with Crippen molar-refractivity contribution in [2.45, 2.75) is 51.1 Å². The molecule has 0 N–H and O–H groups in total. The van der Waals surface area contributed by atoms with Gasteiger partial charge in [-0.1, -0.05) is 13.0 Å². The molecule has 0 spiro atoms. The molecule has 3 heterocycles. The summed E-state index contributed by atoms with van der Waals surface area (Å²) in [5.74, 6) is -2.51. The summed E-state index contributed by atoms with van der Waals surface area (Å²) >= 11 is 0. The molecule has 0 saturated heterocycles. The maximum absolute atomic E-state index is 15.0. The number of pyridine rings is 1. The first-order chi connectivity index (χ1) is 17.3. The number of benzene rings is 1. The number of halogens is 2. The summed E-state index contributed by atoms with van der Waals surface area (Å²) in [6, 6.07) is 9.11. The fourth-order valence-electron chi connectivity index (χ4n) is 4.67. The first-order valence-electron chi connectivity index (χ1n) is 12.0. The molecule has 3 aromatic heterocycles. The summed E-state index contributed by atoms with van der Waals surface area (Å²) in [6.45, 7) is 4.91. The van der Waals surface area contributed by atoms with Crippen LogP contribution in [0.2, 0.25) is 0 Å². The lowest BCUT2D eigenvalue weighted by molar-refractivity contribution is -0.0117.